The predicted molar refractivity (Wildman–Crippen MR) is 78.2 cm³/mol. The molecule has 8 heteroatoms. The Morgan fingerprint density at radius 2 is 1.78 bits per heavy atom. The lowest BCUT2D eigenvalue weighted by molar-refractivity contribution is -0.277. The molecule has 0 bridgehead atoms. The van der Waals surface area contributed by atoms with Crippen LogP contribution in [0.25, 0.3) is 0 Å². The van der Waals surface area contributed by atoms with Gasteiger partial charge >= 0.3 is 0 Å². The van der Waals surface area contributed by atoms with Crippen LogP contribution in [-0.2, 0) is 11.2 Å². The third kappa shape index (κ3) is 3.67. The molecule has 0 amide bonds. The first kappa shape index (κ1) is 17.8. The first-order valence-electron chi connectivity index (χ1n) is 7.41. The highest BCUT2D eigenvalue weighted by atomic mass is 16.7. The van der Waals surface area contributed by atoms with Crippen LogP contribution in [0.4, 0.5) is 0 Å². The molecule has 23 heavy (non-hydrogen) atoms. The maximum atomic E-state index is 9.98. The number of phenols is 2. The summed E-state index contributed by atoms with van der Waals surface area (Å²) in [5.41, 5.74) is 0.502. The molecule has 1 aromatic carbocycles. The van der Waals surface area contributed by atoms with E-state index < -0.39 is 37.3 Å². The van der Waals surface area contributed by atoms with Crippen molar-refractivity contribution in [3.8, 4) is 17.2 Å². The Labute approximate surface area is 133 Å². The van der Waals surface area contributed by atoms with Crippen molar-refractivity contribution >= 4 is 0 Å². The summed E-state index contributed by atoms with van der Waals surface area (Å²) in [6.07, 6.45) is -5.92. The number of hydrogen-bond acceptors (Lipinski definition) is 8. The number of aliphatic hydroxyl groups excluding tert-OH is 4. The highest BCUT2D eigenvalue weighted by molar-refractivity contribution is 5.50. The van der Waals surface area contributed by atoms with Gasteiger partial charge in [0.15, 0.2) is 11.5 Å². The molecule has 1 aliphatic rings. The number of aryl methyl sites for hydroxylation is 1. The highest BCUT2D eigenvalue weighted by Gasteiger charge is 2.45. The summed E-state index contributed by atoms with van der Waals surface area (Å²) in [5, 5.41) is 58.2. The van der Waals surface area contributed by atoms with Crippen molar-refractivity contribution in [3.05, 3.63) is 17.7 Å². The number of aliphatic hydroxyl groups is 4. The molecule has 0 aliphatic carbocycles. The van der Waals surface area contributed by atoms with E-state index in [1.54, 1.807) is 0 Å². The normalized spacial score (nSPS) is 31.1. The molecule has 0 unspecified atom stereocenters. The van der Waals surface area contributed by atoms with Crippen LogP contribution in [0.3, 0.4) is 0 Å². The molecule has 1 saturated heterocycles. The Kier molecular flexibility index (Phi) is 5.66. The van der Waals surface area contributed by atoms with Gasteiger partial charge in [-0.2, -0.15) is 0 Å². The van der Waals surface area contributed by atoms with E-state index in [0.717, 1.165) is 6.07 Å². The van der Waals surface area contributed by atoms with E-state index in [9.17, 15) is 25.5 Å². The minimum atomic E-state index is -1.57. The van der Waals surface area contributed by atoms with Gasteiger partial charge in [-0.05, 0) is 12.5 Å². The predicted octanol–water partition coefficient (Wildman–Crippen LogP) is -0.771. The van der Waals surface area contributed by atoms with Gasteiger partial charge in [-0.15, -0.1) is 0 Å². The monoisotopic (exact) mass is 330 g/mol. The molecular weight excluding hydrogens is 308 g/mol. The molecule has 0 aromatic heterocycles. The molecule has 0 saturated carbocycles. The Bertz CT molecular complexity index is 532. The molecule has 1 heterocycles. The summed E-state index contributed by atoms with van der Waals surface area (Å²) in [6.45, 7) is 1.33. The molecule has 1 fully saturated rings. The maximum absolute atomic E-state index is 9.98. The van der Waals surface area contributed by atoms with Crippen LogP contribution in [0.15, 0.2) is 12.1 Å². The number of rotatable bonds is 5. The average molecular weight is 330 g/mol. The molecule has 5 atom stereocenters. The second kappa shape index (κ2) is 7.33. The fraction of sp³-hybridized carbons (Fsp3) is 0.600. The minimum Gasteiger partial charge on any atom is -0.508 e. The average Bonchev–Trinajstić information content (AvgIpc) is 2.50. The van der Waals surface area contributed by atoms with Gasteiger partial charge in [0.05, 0.1) is 6.61 Å². The first-order valence-corrected chi connectivity index (χ1v) is 7.41. The standard InChI is InChI=1S/C15H22O8/c1-2-3-7-4-8(17)5-9(18)14(7)23-15-13(21)12(20)11(19)10(6-16)22-15/h4-5,10-13,15-21H,2-3,6H2,1H3/t10-,11-,12+,13-,15+/m1/s1. The van der Waals surface area contributed by atoms with Gasteiger partial charge in [-0.3, -0.25) is 0 Å². The maximum Gasteiger partial charge on any atom is 0.229 e. The van der Waals surface area contributed by atoms with Gasteiger partial charge in [0.1, 0.15) is 30.2 Å². The van der Waals surface area contributed by atoms with Crippen molar-refractivity contribution in [2.45, 2.75) is 50.5 Å². The lowest BCUT2D eigenvalue weighted by atomic mass is 9.99. The zero-order valence-corrected chi connectivity index (χ0v) is 12.7. The van der Waals surface area contributed by atoms with E-state index >= 15 is 0 Å². The van der Waals surface area contributed by atoms with Gasteiger partial charge in [0.2, 0.25) is 6.29 Å². The quantitative estimate of drug-likeness (QED) is 0.413. The van der Waals surface area contributed by atoms with Crippen LogP contribution in [0.2, 0.25) is 0 Å². The van der Waals surface area contributed by atoms with E-state index in [-0.39, 0.29) is 17.2 Å². The molecule has 0 radical (unpaired) electrons. The van der Waals surface area contributed by atoms with Crippen molar-refractivity contribution in [1.29, 1.82) is 0 Å². The van der Waals surface area contributed by atoms with Gasteiger partial charge in [0.25, 0.3) is 0 Å². The fourth-order valence-electron chi connectivity index (χ4n) is 2.53. The summed E-state index contributed by atoms with van der Waals surface area (Å²) < 4.78 is 10.7. The van der Waals surface area contributed by atoms with Crippen molar-refractivity contribution in [2.24, 2.45) is 0 Å². The Morgan fingerprint density at radius 1 is 1.09 bits per heavy atom. The molecule has 8 nitrogen and oxygen atoms in total. The van der Waals surface area contributed by atoms with E-state index in [1.807, 2.05) is 6.92 Å². The van der Waals surface area contributed by atoms with Gasteiger partial charge < -0.3 is 40.1 Å². The van der Waals surface area contributed by atoms with E-state index in [0.29, 0.717) is 18.4 Å². The summed E-state index contributed by atoms with van der Waals surface area (Å²) >= 11 is 0. The van der Waals surface area contributed by atoms with Crippen LogP contribution in [0.5, 0.6) is 17.2 Å². The first-order chi connectivity index (χ1) is 10.9. The number of hydrogen-bond donors (Lipinski definition) is 6. The topological polar surface area (TPSA) is 140 Å². The van der Waals surface area contributed by atoms with Crippen molar-refractivity contribution in [1.82, 2.24) is 0 Å². The summed E-state index contributed by atoms with van der Waals surface area (Å²) in [4.78, 5) is 0. The summed E-state index contributed by atoms with van der Waals surface area (Å²) in [6, 6.07) is 2.50. The molecule has 0 spiro atoms. The molecule has 2 rings (SSSR count). The molecule has 130 valence electrons. The molecular formula is C15H22O8. The Morgan fingerprint density at radius 3 is 2.39 bits per heavy atom. The molecule has 1 aromatic rings. The van der Waals surface area contributed by atoms with Gasteiger partial charge in [0, 0.05) is 11.6 Å². The highest BCUT2D eigenvalue weighted by Crippen LogP contribution is 2.37. The number of benzene rings is 1. The van der Waals surface area contributed by atoms with Crippen LogP contribution in [0, 0.1) is 0 Å². The lowest BCUT2D eigenvalue weighted by Crippen LogP contribution is -2.60. The summed E-state index contributed by atoms with van der Waals surface area (Å²) in [5.74, 6) is -0.466. The summed E-state index contributed by atoms with van der Waals surface area (Å²) in [7, 11) is 0. The minimum absolute atomic E-state index is 0.00831. The zero-order chi connectivity index (χ0) is 17.1. The second-order valence-electron chi connectivity index (χ2n) is 5.52. The fourth-order valence-corrected chi connectivity index (χ4v) is 2.53. The Balaban J connectivity index is 2.27. The second-order valence-corrected chi connectivity index (χ2v) is 5.52. The van der Waals surface area contributed by atoms with E-state index in [4.69, 9.17) is 14.6 Å². The van der Waals surface area contributed by atoms with Gasteiger partial charge in [-0.25, -0.2) is 0 Å². The van der Waals surface area contributed by atoms with Crippen molar-refractivity contribution < 1.29 is 40.1 Å². The van der Waals surface area contributed by atoms with Crippen molar-refractivity contribution in [2.75, 3.05) is 6.61 Å². The molecule has 6 N–H and O–H groups in total. The Hall–Kier alpha value is -1.58. The van der Waals surface area contributed by atoms with Crippen LogP contribution in [0.1, 0.15) is 18.9 Å². The largest absolute Gasteiger partial charge is 0.508 e. The zero-order valence-electron chi connectivity index (χ0n) is 12.7. The van der Waals surface area contributed by atoms with Crippen LogP contribution < -0.4 is 4.74 Å². The lowest BCUT2D eigenvalue weighted by Gasteiger charge is -2.39. The number of aromatic hydroxyl groups is 2. The van der Waals surface area contributed by atoms with Crippen molar-refractivity contribution in [3.63, 3.8) is 0 Å². The van der Waals surface area contributed by atoms with E-state index in [1.165, 1.54) is 6.07 Å². The van der Waals surface area contributed by atoms with Gasteiger partial charge in [-0.1, -0.05) is 13.3 Å². The number of phenolic OH excluding ortho intramolecular Hbond substituents is 2. The smallest absolute Gasteiger partial charge is 0.229 e. The number of ether oxygens (including phenoxy) is 2. The third-order valence-electron chi connectivity index (χ3n) is 3.73. The molecule has 1 aliphatic heterocycles. The SMILES string of the molecule is CCCc1cc(O)cc(O)c1O[C@@H]1O[C@H](CO)[C@@H](O)[C@H](O)[C@H]1O. The van der Waals surface area contributed by atoms with Crippen LogP contribution >= 0.6 is 0 Å². The third-order valence-corrected chi connectivity index (χ3v) is 3.73. The van der Waals surface area contributed by atoms with E-state index in [2.05, 4.69) is 0 Å². The van der Waals surface area contributed by atoms with Crippen LogP contribution in [-0.4, -0.2) is 68.0 Å².